The molecule has 1 aliphatic carbocycles. The number of hydrogen-bond donors (Lipinski definition) is 3. The number of nitrogens with zero attached hydrogens (tertiary/aromatic N) is 1. The van der Waals surface area contributed by atoms with Crippen LogP contribution in [0.3, 0.4) is 0 Å². The van der Waals surface area contributed by atoms with E-state index in [1.54, 1.807) is 6.92 Å². The normalized spacial score (nSPS) is 17.8. The number of nitrogens with one attached hydrogen (secondary N) is 2. The van der Waals surface area contributed by atoms with E-state index in [4.69, 9.17) is 0 Å². The Morgan fingerprint density at radius 2 is 1.76 bits per heavy atom. The maximum atomic E-state index is 12.9. The van der Waals surface area contributed by atoms with Gasteiger partial charge in [0.05, 0.1) is 11.2 Å². The molecule has 0 atom stereocenters. The number of rotatable bonds is 5. The van der Waals surface area contributed by atoms with Gasteiger partial charge in [-0.15, -0.1) is 0 Å². The van der Waals surface area contributed by atoms with Gasteiger partial charge < -0.3 is 15.7 Å². The molecule has 2 rings (SSSR count). The smallest absolute Gasteiger partial charge is 0.388 e. The Labute approximate surface area is 121 Å². The number of aliphatic hydroxyl groups is 1. The van der Waals surface area contributed by atoms with Gasteiger partial charge in [-0.1, -0.05) is 12.8 Å². The number of aromatic nitrogens is 1. The molecule has 21 heavy (non-hydrogen) atoms. The van der Waals surface area contributed by atoms with Crippen LogP contribution in [0.1, 0.15) is 38.2 Å². The molecule has 1 aliphatic rings. The van der Waals surface area contributed by atoms with E-state index < -0.39 is 17.3 Å². The van der Waals surface area contributed by atoms with Gasteiger partial charge in [0.15, 0.2) is 0 Å². The van der Waals surface area contributed by atoms with Gasteiger partial charge in [-0.05, 0) is 31.9 Å². The van der Waals surface area contributed by atoms with Crippen molar-refractivity contribution in [1.82, 2.24) is 4.98 Å². The summed E-state index contributed by atoms with van der Waals surface area (Å²) < 4.78 is 38.6. The lowest BCUT2D eigenvalue weighted by Gasteiger charge is -2.23. The average molecular weight is 303 g/mol. The molecule has 1 saturated carbocycles. The molecule has 0 aliphatic heterocycles. The molecule has 4 nitrogen and oxygen atoms in total. The predicted molar refractivity (Wildman–Crippen MR) is 75.3 cm³/mol. The highest BCUT2D eigenvalue weighted by atomic mass is 19.4. The van der Waals surface area contributed by atoms with Gasteiger partial charge in [0, 0.05) is 13.1 Å². The topological polar surface area (TPSA) is 57.2 Å². The van der Waals surface area contributed by atoms with E-state index in [2.05, 4.69) is 15.6 Å². The summed E-state index contributed by atoms with van der Waals surface area (Å²) in [6.45, 7) is 2.49. The van der Waals surface area contributed by atoms with Crippen molar-refractivity contribution in [3.63, 3.8) is 0 Å². The van der Waals surface area contributed by atoms with Crippen molar-refractivity contribution < 1.29 is 18.3 Å². The molecule has 1 fully saturated rings. The zero-order valence-corrected chi connectivity index (χ0v) is 11.9. The summed E-state index contributed by atoms with van der Waals surface area (Å²) in [6, 6.07) is 1.96. The fourth-order valence-electron chi connectivity index (χ4n) is 2.52. The molecular weight excluding hydrogens is 283 g/mol. The second kappa shape index (κ2) is 6.09. The Bertz CT molecular complexity index is 485. The zero-order chi connectivity index (χ0) is 15.5. The fourth-order valence-corrected chi connectivity index (χ4v) is 2.52. The largest absolute Gasteiger partial charge is 0.416 e. The van der Waals surface area contributed by atoms with E-state index in [0.29, 0.717) is 19.4 Å². The molecule has 3 N–H and O–H groups in total. The molecule has 0 aromatic carbocycles. The summed E-state index contributed by atoms with van der Waals surface area (Å²) in [5, 5.41) is 15.8. The van der Waals surface area contributed by atoms with Crippen LogP contribution in [0.25, 0.3) is 0 Å². The van der Waals surface area contributed by atoms with Crippen molar-refractivity contribution in [3.8, 4) is 0 Å². The van der Waals surface area contributed by atoms with E-state index in [1.807, 2.05) is 0 Å². The summed E-state index contributed by atoms with van der Waals surface area (Å²) in [7, 11) is 0. The molecule has 1 heterocycles. The molecule has 0 spiro atoms. The first-order chi connectivity index (χ1) is 9.82. The van der Waals surface area contributed by atoms with Crippen LogP contribution < -0.4 is 10.6 Å². The molecule has 0 saturated heterocycles. The number of halogens is 3. The van der Waals surface area contributed by atoms with Gasteiger partial charge in [0.25, 0.3) is 0 Å². The lowest BCUT2D eigenvalue weighted by molar-refractivity contribution is -0.137. The minimum atomic E-state index is -4.42. The van der Waals surface area contributed by atoms with Gasteiger partial charge in [0.1, 0.15) is 11.6 Å². The van der Waals surface area contributed by atoms with Crippen LogP contribution >= 0.6 is 0 Å². The van der Waals surface area contributed by atoms with Crippen molar-refractivity contribution in [2.24, 2.45) is 0 Å². The Morgan fingerprint density at radius 3 is 2.29 bits per heavy atom. The van der Waals surface area contributed by atoms with Crippen molar-refractivity contribution in [2.75, 3.05) is 23.7 Å². The Balaban J connectivity index is 2.15. The zero-order valence-electron chi connectivity index (χ0n) is 11.9. The second-order valence-corrected chi connectivity index (χ2v) is 5.44. The van der Waals surface area contributed by atoms with Crippen LogP contribution in [0.4, 0.5) is 24.8 Å². The van der Waals surface area contributed by atoms with Crippen molar-refractivity contribution in [3.05, 3.63) is 17.7 Å². The predicted octanol–water partition coefficient (Wildman–Crippen LogP) is 3.25. The summed E-state index contributed by atoms with van der Waals surface area (Å²) in [4.78, 5) is 4.10. The van der Waals surface area contributed by atoms with Crippen molar-refractivity contribution >= 4 is 11.6 Å². The van der Waals surface area contributed by atoms with E-state index in [-0.39, 0.29) is 18.2 Å². The van der Waals surface area contributed by atoms with E-state index in [9.17, 15) is 18.3 Å². The number of anilines is 2. The molecule has 0 amide bonds. The first-order valence-electron chi connectivity index (χ1n) is 7.12. The molecule has 0 radical (unpaired) electrons. The SMILES string of the molecule is CCNc1cc(C(F)(F)F)cc(NCC2(O)CCCC2)n1. The molecule has 1 aromatic rings. The third-order valence-electron chi connectivity index (χ3n) is 3.64. The third-order valence-corrected chi connectivity index (χ3v) is 3.64. The third kappa shape index (κ3) is 4.23. The second-order valence-electron chi connectivity index (χ2n) is 5.44. The summed E-state index contributed by atoms with van der Waals surface area (Å²) in [6.07, 6.45) is -1.21. The lowest BCUT2D eigenvalue weighted by Crippen LogP contribution is -2.33. The highest BCUT2D eigenvalue weighted by Crippen LogP contribution is 2.33. The van der Waals surface area contributed by atoms with Gasteiger partial charge >= 0.3 is 6.18 Å². The highest BCUT2D eigenvalue weighted by Gasteiger charge is 2.33. The molecule has 0 bridgehead atoms. The number of hydrogen-bond acceptors (Lipinski definition) is 4. The van der Waals surface area contributed by atoms with E-state index in [0.717, 1.165) is 25.0 Å². The van der Waals surface area contributed by atoms with E-state index in [1.165, 1.54) is 0 Å². The van der Waals surface area contributed by atoms with Gasteiger partial charge in [-0.25, -0.2) is 4.98 Å². The average Bonchev–Trinajstić information content (AvgIpc) is 2.83. The van der Waals surface area contributed by atoms with Crippen LogP contribution in [0.5, 0.6) is 0 Å². The Kier molecular flexibility index (Phi) is 4.61. The fraction of sp³-hybridized carbons (Fsp3) is 0.643. The summed E-state index contributed by atoms with van der Waals surface area (Å²) >= 11 is 0. The quantitative estimate of drug-likeness (QED) is 0.781. The monoisotopic (exact) mass is 303 g/mol. The Hall–Kier alpha value is -1.50. The van der Waals surface area contributed by atoms with Crippen LogP contribution in [-0.4, -0.2) is 28.8 Å². The summed E-state index contributed by atoms with van der Waals surface area (Å²) in [5.74, 6) is 0.300. The van der Waals surface area contributed by atoms with Gasteiger partial charge in [0.2, 0.25) is 0 Å². The van der Waals surface area contributed by atoms with Gasteiger partial charge in [-0.3, -0.25) is 0 Å². The maximum absolute atomic E-state index is 12.9. The molecule has 7 heteroatoms. The van der Waals surface area contributed by atoms with Crippen molar-refractivity contribution in [2.45, 2.75) is 44.4 Å². The molecular formula is C14H20F3N3O. The van der Waals surface area contributed by atoms with Crippen LogP contribution in [0, 0.1) is 0 Å². The maximum Gasteiger partial charge on any atom is 0.416 e. The summed E-state index contributed by atoms with van der Waals surface area (Å²) in [5.41, 5.74) is -1.59. The molecule has 118 valence electrons. The van der Waals surface area contributed by atoms with Crippen LogP contribution in [0.15, 0.2) is 12.1 Å². The first kappa shape index (κ1) is 15.9. The Morgan fingerprint density at radius 1 is 1.19 bits per heavy atom. The molecule has 1 aromatic heterocycles. The lowest BCUT2D eigenvalue weighted by atomic mass is 10.0. The first-order valence-corrected chi connectivity index (χ1v) is 7.12. The molecule has 0 unspecified atom stereocenters. The van der Waals surface area contributed by atoms with Crippen molar-refractivity contribution in [1.29, 1.82) is 0 Å². The van der Waals surface area contributed by atoms with Crippen LogP contribution in [-0.2, 0) is 6.18 Å². The number of pyridine rings is 1. The highest BCUT2D eigenvalue weighted by molar-refractivity contribution is 5.50. The van der Waals surface area contributed by atoms with Gasteiger partial charge in [-0.2, -0.15) is 13.2 Å². The standard InChI is InChI=1S/C14H20F3N3O/c1-2-18-11-7-10(14(15,16)17)8-12(20-11)19-9-13(21)5-3-4-6-13/h7-8,21H,2-6,9H2,1H3,(H2,18,19,20). The minimum Gasteiger partial charge on any atom is -0.388 e. The minimum absolute atomic E-state index is 0.126. The number of alkyl halides is 3. The van der Waals surface area contributed by atoms with Crippen LogP contribution in [0.2, 0.25) is 0 Å². The van der Waals surface area contributed by atoms with E-state index >= 15 is 0 Å².